The summed E-state index contributed by atoms with van der Waals surface area (Å²) in [5.41, 5.74) is 7.62. The molecule has 0 amide bonds. The molecule has 0 aromatic heterocycles. The Hall–Kier alpha value is -0.580. The summed E-state index contributed by atoms with van der Waals surface area (Å²) >= 11 is 3.56. The van der Waals surface area contributed by atoms with Crippen molar-refractivity contribution in [1.82, 2.24) is 0 Å². The number of halogens is 1. The molecule has 0 saturated carbocycles. The summed E-state index contributed by atoms with van der Waals surface area (Å²) in [6.07, 6.45) is 0.465. The molecule has 1 aromatic rings. The lowest BCUT2D eigenvalue weighted by Crippen LogP contribution is -2.30. The second-order valence-corrected chi connectivity index (χ2v) is 6.49. The minimum absolute atomic E-state index is 0.0167. The summed E-state index contributed by atoms with van der Waals surface area (Å²) in [7, 11) is 0. The molecule has 4 heteroatoms. The average molecular weight is 342 g/mol. The molecule has 0 spiro atoms. The van der Waals surface area contributed by atoms with Crippen LogP contribution in [0.5, 0.6) is 5.75 Å². The first-order valence-electron chi connectivity index (χ1n) is 7.29. The van der Waals surface area contributed by atoms with Crippen LogP contribution in [-0.4, -0.2) is 18.8 Å². The molecule has 0 bridgehead atoms. The molecule has 5 atom stereocenters. The van der Waals surface area contributed by atoms with E-state index in [4.69, 9.17) is 15.2 Å². The van der Waals surface area contributed by atoms with Crippen LogP contribution in [0.15, 0.2) is 22.7 Å². The van der Waals surface area contributed by atoms with Crippen molar-refractivity contribution in [2.45, 2.75) is 45.9 Å². The zero-order chi connectivity index (χ0) is 14.9. The highest BCUT2D eigenvalue weighted by Gasteiger charge is 2.40. The Morgan fingerprint density at radius 3 is 2.50 bits per heavy atom. The summed E-state index contributed by atoms with van der Waals surface area (Å²) in [6.45, 7) is 9.11. The van der Waals surface area contributed by atoms with Crippen LogP contribution < -0.4 is 10.5 Å². The fourth-order valence-corrected chi connectivity index (χ4v) is 3.64. The Morgan fingerprint density at radius 1 is 1.30 bits per heavy atom. The molecule has 1 aliphatic heterocycles. The monoisotopic (exact) mass is 341 g/mol. The van der Waals surface area contributed by atoms with Crippen molar-refractivity contribution in [1.29, 1.82) is 0 Å². The van der Waals surface area contributed by atoms with Gasteiger partial charge in [0.25, 0.3) is 0 Å². The summed E-state index contributed by atoms with van der Waals surface area (Å²) in [6, 6.07) is 6.09. The third-order valence-corrected chi connectivity index (χ3v) is 4.99. The van der Waals surface area contributed by atoms with Crippen LogP contribution >= 0.6 is 15.9 Å². The van der Waals surface area contributed by atoms with Crippen molar-refractivity contribution in [2.24, 2.45) is 17.6 Å². The third-order valence-electron chi connectivity index (χ3n) is 4.37. The van der Waals surface area contributed by atoms with E-state index in [1.54, 1.807) is 0 Å². The second kappa shape index (κ2) is 6.46. The number of hydrogen-bond donors (Lipinski definition) is 1. The molecule has 2 N–H and O–H groups in total. The van der Waals surface area contributed by atoms with Crippen LogP contribution in [0.4, 0.5) is 0 Å². The van der Waals surface area contributed by atoms with Gasteiger partial charge < -0.3 is 15.2 Å². The summed E-state index contributed by atoms with van der Waals surface area (Å²) in [4.78, 5) is 0. The maximum atomic E-state index is 6.49. The molecule has 5 unspecified atom stereocenters. The van der Waals surface area contributed by atoms with Crippen molar-refractivity contribution in [2.75, 3.05) is 6.61 Å². The van der Waals surface area contributed by atoms with Gasteiger partial charge >= 0.3 is 0 Å². The van der Waals surface area contributed by atoms with Crippen molar-refractivity contribution < 1.29 is 9.47 Å². The van der Waals surface area contributed by atoms with Crippen molar-refractivity contribution in [3.63, 3.8) is 0 Å². The van der Waals surface area contributed by atoms with Gasteiger partial charge in [0, 0.05) is 12.0 Å². The van der Waals surface area contributed by atoms with Crippen molar-refractivity contribution in [3.8, 4) is 5.75 Å². The lowest BCUT2D eigenvalue weighted by molar-refractivity contribution is 0.0489. The maximum absolute atomic E-state index is 6.49. The number of hydrogen-bond acceptors (Lipinski definition) is 3. The van der Waals surface area contributed by atoms with E-state index in [-0.39, 0.29) is 18.2 Å². The zero-order valence-corrected chi connectivity index (χ0v) is 14.2. The SMILES string of the molecule is CCOc1ccc(C(N)C2C(C)OC(C)C2C)cc1Br. The van der Waals surface area contributed by atoms with Gasteiger partial charge in [0.05, 0.1) is 23.3 Å². The fourth-order valence-electron chi connectivity index (χ4n) is 3.13. The normalized spacial score (nSPS) is 31.3. The second-order valence-electron chi connectivity index (χ2n) is 5.63. The van der Waals surface area contributed by atoms with Gasteiger partial charge in [0.2, 0.25) is 0 Å². The van der Waals surface area contributed by atoms with Crippen LogP contribution in [0, 0.1) is 11.8 Å². The highest BCUT2D eigenvalue weighted by Crippen LogP contribution is 2.40. The molecule has 1 saturated heterocycles. The number of rotatable bonds is 4. The molecule has 1 fully saturated rings. The smallest absolute Gasteiger partial charge is 0.133 e. The summed E-state index contributed by atoms with van der Waals surface area (Å²) in [5.74, 6) is 1.67. The predicted molar refractivity (Wildman–Crippen MR) is 84.9 cm³/mol. The zero-order valence-electron chi connectivity index (χ0n) is 12.6. The van der Waals surface area contributed by atoms with E-state index < -0.39 is 0 Å². The summed E-state index contributed by atoms with van der Waals surface area (Å²) in [5, 5.41) is 0. The topological polar surface area (TPSA) is 44.5 Å². The molecule has 0 aliphatic carbocycles. The first-order chi connectivity index (χ1) is 9.45. The molecular formula is C16H24BrNO2. The standard InChI is InChI=1S/C16H24BrNO2/c1-5-19-14-7-6-12(8-13(14)17)16(18)15-9(2)10(3)20-11(15)4/h6-11,15-16H,5,18H2,1-4H3. The van der Waals surface area contributed by atoms with E-state index in [0.29, 0.717) is 18.4 Å². The van der Waals surface area contributed by atoms with Gasteiger partial charge in [-0.05, 0) is 60.3 Å². The largest absolute Gasteiger partial charge is 0.493 e. The van der Waals surface area contributed by atoms with Gasteiger partial charge in [-0.3, -0.25) is 0 Å². The minimum Gasteiger partial charge on any atom is -0.493 e. The number of benzene rings is 1. The molecule has 3 nitrogen and oxygen atoms in total. The van der Waals surface area contributed by atoms with E-state index >= 15 is 0 Å². The molecule has 2 rings (SSSR count). The molecule has 20 heavy (non-hydrogen) atoms. The van der Waals surface area contributed by atoms with Gasteiger partial charge in [-0.15, -0.1) is 0 Å². The maximum Gasteiger partial charge on any atom is 0.133 e. The van der Waals surface area contributed by atoms with E-state index in [2.05, 4.69) is 48.8 Å². The Labute approximate surface area is 130 Å². The van der Waals surface area contributed by atoms with Crippen molar-refractivity contribution >= 4 is 15.9 Å². The lowest BCUT2D eigenvalue weighted by Gasteiger charge is -2.26. The highest BCUT2D eigenvalue weighted by atomic mass is 79.9. The lowest BCUT2D eigenvalue weighted by atomic mass is 9.81. The van der Waals surface area contributed by atoms with Crippen LogP contribution in [0.1, 0.15) is 39.3 Å². The number of ether oxygens (including phenoxy) is 2. The van der Waals surface area contributed by atoms with E-state index in [1.165, 1.54) is 0 Å². The molecular weight excluding hydrogens is 318 g/mol. The van der Waals surface area contributed by atoms with Gasteiger partial charge in [0.15, 0.2) is 0 Å². The Balaban J connectivity index is 2.21. The van der Waals surface area contributed by atoms with Crippen LogP contribution in [0.3, 0.4) is 0 Å². The van der Waals surface area contributed by atoms with Gasteiger partial charge in [-0.1, -0.05) is 13.0 Å². The average Bonchev–Trinajstić information content (AvgIpc) is 2.65. The van der Waals surface area contributed by atoms with Gasteiger partial charge in [-0.2, -0.15) is 0 Å². The summed E-state index contributed by atoms with van der Waals surface area (Å²) < 4.78 is 12.4. The van der Waals surface area contributed by atoms with E-state index in [0.717, 1.165) is 15.8 Å². The molecule has 1 aromatic carbocycles. The quantitative estimate of drug-likeness (QED) is 0.902. The molecule has 1 heterocycles. The molecule has 112 valence electrons. The highest BCUT2D eigenvalue weighted by molar-refractivity contribution is 9.10. The minimum atomic E-state index is -0.0167. The van der Waals surface area contributed by atoms with E-state index in [9.17, 15) is 0 Å². The first-order valence-corrected chi connectivity index (χ1v) is 8.08. The molecule has 1 aliphatic rings. The van der Waals surface area contributed by atoms with E-state index in [1.807, 2.05) is 13.0 Å². The van der Waals surface area contributed by atoms with Crippen LogP contribution in [0.25, 0.3) is 0 Å². The fraction of sp³-hybridized carbons (Fsp3) is 0.625. The number of nitrogens with two attached hydrogens (primary N) is 1. The Kier molecular flexibility index (Phi) is 5.10. The van der Waals surface area contributed by atoms with Gasteiger partial charge in [0.1, 0.15) is 5.75 Å². The Bertz CT molecular complexity index is 466. The van der Waals surface area contributed by atoms with Crippen molar-refractivity contribution in [3.05, 3.63) is 28.2 Å². The first kappa shape index (κ1) is 15.8. The van der Waals surface area contributed by atoms with Crippen LogP contribution in [-0.2, 0) is 4.74 Å². The Morgan fingerprint density at radius 2 is 2.00 bits per heavy atom. The predicted octanol–water partition coefficient (Wildman–Crippen LogP) is 3.91. The van der Waals surface area contributed by atoms with Crippen LogP contribution in [0.2, 0.25) is 0 Å². The van der Waals surface area contributed by atoms with Gasteiger partial charge in [-0.25, -0.2) is 0 Å². The third kappa shape index (κ3) is 3.02. The molecule has 0 radical (unpaired) electrons.